The van der Waals surface area contributed by atoms with E-state index >= 15 is 0 Å². The average Bonchev–Trinajstić information content (AvgIpc) is 2.67. The summed E-state index contributed by atoms with van der Waals surface area (Å²) in [5.41, 5.74) is 7.34. The third-order valence-electron chi connectivity index (χ3n) is 3.54. The molecule has 9 heteroatoms. The van der Waals surface area contributed by atoms with Gasteiger partial charge in [-0.25, -0.2) is 19.4 Å². The molecule has 0 saturated carbocycles. The molecule has 0 fully saturated rings. The Hall–Kier alpha value is -2.74. The van der Waals surface area contributed by atoms with Crippen molar-refractivity contribution in [2.24, 2.45) is 5.73 Å². The van der Waals surface area contributed by atoms with Gasteiger partial charge in [0.2, 0.25) is 5.88 Å². The first-order chi connectivity index (χ1) is 13.0. The molecule has 0 aliphatic carbocycles. The summed E-state index contributed by atoms with van der Waals surface area (Å²) in [5, 5.41) is 0.335. The molecular weight excluding hydrogens is 389 g/mol. The Kier molecular flexibility index (Phi) is 6.18. The molecule has 0 saturated heterocycles. The Bertz CT molecular complexity index is 954. The van der Waals surface area contributed by atoms with Gasteiger partial charge in [-0.05, 0) is 35.9 Å². The standard InChI is InChI=1S/C18H15Cl2N5O2/c19-16-6-12(4-5-22-16)10-25(20)18(26)13-2-1-3-15(7-13)27-17-8-14(9-21)23-11-24-17/h1-8,11H,9-10,21H2. The zero-order valence-electron chi connectivity index (χ0n) is 14.0. The zero-order valence-corrected chi connectivity index (χ0v) is 15.6. The minimum Gasteiger partial charge on any atom is -0.439 e. The third-order valence-corrected chi connectivity index (χ3v) is 4.02. The van der Waals surface area contributed by atoms with E-state index in [2.05, 4.69) is 15.0 Å². The van der Waals surface area contributed by atoms with Crippen molar-refractivity contribution in [1.82, 2.24) is 19.4 Å². The summed E-state index contributed by atoms with van der Waals surface area (Å²) in [4.78, 5) is 24.5. The number of benzene rings is 1. The highest BCUT2D eigenvalue weighted by Gasteiger charge is 2.15. The maximum atomic E-state index is 12.6. The first-order valence-corrected chi connectivity index (χ1v) is 8.64. The van der Waals surface area contributed by atoms with E-state index in [0.717, 1.165) is 9.98 Å². The molecule has 3 rings (SSSR count). The highest BCUT2D eigenvalue weighted by molar-refractivity contribution is 6.29. The molecule has 2 aromatic heterocycles. The molecule has 0 spiro atoms. The minimum absolute atomic E-state index is 0.180. The van der Waals surface area contributed by atoms with E-state index in [-0.39, 0.29) is 19.0 Å². The molecule has 1 aromatic carbocycles. The summed E-state index contributed by atoms with van der Waals surface area (Å²) in [7, 11) is 0. The number of halogens is 2. The molecule has 0 radical (unpaired) electrons. The lowest BCUT2D eigenvalue weighted by atomic mass is 10.2. The van der Waals surface area contributed by atoms with Crippen LogP contribution in [-0.2, 0) is 13.1 Å². The number of hydrogen-bond donors (Lipinski definition) is 1. The number of carbonyl (C=O) groups excluding carboxylic acids is 1. The molecule has 1 amide bonds. The number of amides is 1. The van der Waals surface area contributed by atoms with Crippen LogP contribution in [0.5, 0.6) is 11.6 Å². The number of carbonyl (C=O) groups is 1. The summed E-state index contributed by atoms with van der Waals surface area (Å²) >= 11 is 12.0. The lowest BCUT2D eigenvalue weighted by Gasteiger charge is -2.15. The molecule has 27 heavy (non-hydrogen) atoms. The lowest BCUT2D eigenvalue weighted by Crippen LogP contribution is -2.21. The summed E-state index contributed by atoms with van der Waals surface area (Å²) in [6.07, 6.45) is 2.92. The van der Waals surface area contributed by atoms with Crippen LogP contribution in [0.3, 0.4) is 0 Å². The topological polar surface area (TPSA) is 94.2 Å². The van der Waals surface area contributed by atoms with Gasteiger partial charge < -0.3 is 10.5 Å². The second-order valence-electron chi connectivity index (χ2n) is 5.49. The number of nitrogens with two attached hydrogens (primary N) is 1. The highest BCUT2D eigenvalue weighted by atomic mass is 35.5. The van der Waals surface area contributed by atoms with Crippen molar-refractivity contribution in [3.05, 3.63) is 77.0 Å². The van der Waals surface area contributed by atoms with Crippen LogP contribution in [0.25, 0.3) is 0 Å². The third kappa shape index (κ3) is 5.13. The van der Waals surface area contributed by atoms with Crippen LogP contribution in [0.1, 0.15) is 21.6 Å². The van der Waals surface area contributed by atoms with Gasteiger partial charge in [-0.2, -0.15) is 0 Å². The van der Waals surface area contributed by atoms with Crippen molar-refractivity contribution in [2.75, 3.05) is 0 Å². The van der Waals surface area contributed by atoms with Gasteiger partial charge >= 0.3 is 0 Å². The zero-order chi connectivity index (χ0) is 19.2. The van der Waals surface area contributed by atoms with Crippen molar-refractivity contribution in [2.45, 2.75) is 13.1 Å². The number of rotatable bonds is 6. The molecule has 0 bridgehead atoms. The predicted molar refractivity (Wildman–Crippen MR) is 101 cm³/mol. The van der Waals surface area contributed by atoms with Crippen LogP contribution in [0.2, 0.25) is 5.15 Å². The van der Waals surface area contributed by atoms with Crippen LogP contribution in [-0.4, -0.2) is 25.3 Å². The summed E-state index contributed by atoms with van der Waals surface area (Å²) < 4.78 is 6.75. The van der Waals surface area contributed by atoms with Gasteiger partial charge in [0.05, 0.1) is 12.2 Å². The van der Waals surface area contributed by atoms with Crippen LogP contribution >= 0.6 is 23.4 Å². The summed E-state index contributed by atoms with van der Waals surface area (Å²) in [6.45, 7) is 0.455. The fraction of sp³-hybridized carbons (Fsp3) is 0.111. The van der Waals surface area contributed by atoms with Gasteiger partial charge in [0.15, 0.2) is 0 Å². The molecule has 2 N–H and O–H groups in total. The van der Waals surface area contributed by atoms with Gasteiger partial charge in [0.25, 0.3) is 5.91 Å². The molecule has 0 aliphatic heterocycles. The molecular formula is C18H15Cl2N5O2. The summed E-state index contributed by atoms with van der Waals surface area (Å²) in [5.74, 6) is 0.407. The normalized spacial score (nSPS) is 10.5. The van der Waals surface area contributed by atoms with Crippen LogP contribution < -0.4 is 10.5 Å². The van der Waals surface area contributed by atoms with E-state index in [4.69, 9.17) is 33.8 Å². The molecule has 2 heterocycles. The second-order valence-corrected chi connectivity index (χ2v) is 6.29. The SMILES string of the molecule is NCc1cc(Oc2cccc(C(=O)N(Cl)Cc3ccnc(Cl)c3)c2)ncn1. The van der Waals surface area contributed by atoms with Crippen LogP contribution in [0.15, 0.2) is 55.0 Å². The first kappa shape index (κ1) is 19.0. The van der Waals surface area contributed by atoms with E-state index in [1.54, 1.807) is 48.7 Å². The number of aromatic nitrogens is 3. The van der Waals surface area contributed by atoms with Gasteiger partial charge in [-0.15, -0.1) is 0 Å². The van der Waals surface area contributed by atoms with Gasteiger partial charge in [0, 0.05) is 36.1 Å². The van der Waals surface area contributed by atoms with Crippen molar-refractivity contribution in [1.29, 1.82) is 0 Å². The van der Waals surface area contributed by atoms with Gasteiger partial charge in [-0.1, -0.05) is 17.7 Å². The molecule has 0 aliphatic rings. The Morgan fingerprint density at radius 2 is 2.00 bits per heavy atom. The van der Waals surface area contributed by atoms with Crippen molar-refractivity contribution in [3.63, 3.8) is 0 Å². The first-order valence-electron chi connectivity index (χ1n) is 7.92. The fourth-order valence-corrected chi connectivity index (χ4v) is 2.70. The minimum atomic E-state index is -0.375. The molecule has 3 aromatic rings. The molecule has 0 atom stereocenters. The van der Waals surface area contributed by atoms with Crippen molar-refractivity contribution in [3.8, 4) is 11.6 Å². The molecule has 0 unspecified atom stereocenters. The van der Waals surface area contributed by atoms with E-state index < -0.39 is 0 Å². The number of pyridine rings is 1. The molecule has 138 valence electrons. The van der Waals surface area contributed by atoms with E-state index in [1.807, 2.05) is 0 Å². The van der Waals surface area contributed by atoms with Crippen molar-refractivity contribution >= 4 is 29.3 Å². The second kappa shape index (κ2) is 8.77. The quantitative estimate of drug-likeness (QED) is 0.499. The van der Waals surface area contributed by atoms with E-state index in [1.165, 1.54) is 6.33 Å². The van der Waals surface area contributed by atoms with Gasteiger partial charge in [-0.3, -0.25) is 4.79 Å². The lowest BCUT2D eigenvalue weighted by molar-refractivity contribution is 0.0857. The predicted octanol–water partition coefficient (Wildman–Crippen LogP) is 3.57. The monoisotopic (exact) mass is 403 g/mol. The Balaban J connectivity index is 1.72. The van der Waals surface area contributed by atoms with E-state index in [9.17, 15) is 4.79 Å². The Morgan fingerprint density at radius 3 is 2.78 bits per heavy atom. The largest absolute Gasteiger partial charge is 0.439 e. The highest BCUT2D eigenvalue weighted by Crippen LogP contribution is 2.22. The Labute approximate surface area is 165 Å². The number of nitrogens with zero attached hydrogens (tertiary/aromatic N) is 4. The molecule has 7 nitrogen and oxygen atoms in total. The average molecular weight is 404 g/mol. The van der Waals surface area contributed by atoms with Gasteiger partial charge in [0.1, 0.15) is 17.2 Å². The smallest absolute Gasteiger partial charge is 0.268 e. The summed E-state index contributed by atoms with van der Waals surface area (Å²) in [6, 6.07) is 11.7. The van der Waals surface area contributed by atoms with E-state index in [0.29, 0.717) is 28.0 Å². The van der Waals surface area contributed by atoms with Crippen LogP contribution in [0.4, 0.5) is 0 Å². The number of hydrogen-bond acceptors (Lipinski definition) is 6. The van der Waals surface area contributed by atoms with Crippen LogP contribution in [0, 0.1) is 0 Å². The Morgan fingerprint density at radius 1 is 1.15 bits per heavy atom. The van der Waals surface area contributed by atoms with Crippen molar-refractivity contribution < 1.29 is 9.53 Å². The number of ether oxygens (including phenoxy) is 1. The fourth-order valence-electron chi connectivity index (χ4n) is 2.27. The maximum Gasteiger partial charge on any atom is 0.268 e. The maximum absolute atomic E-state index is 12.6.